The molecule has 1 aromatic carbocycles. The van der Waals surface area contributed by atoms with E-state index in [0.717, 1.165) is 24.2 Å². The van der Waals surface area contributed by atoms with Crippen LogP contribution in [-0.2, 0) is 4.79 Å². The molecule has 2 N–H and O–H groups in total. The van der Waals surface area contributed by atoms with Crippen LogP contribution in [0.2, 0.25) is 0 Å². The first-order valence-corrected chi connectivity index (χ1v) is 5.61. The lowest BCUT2D eigenvalue weighted by Crippen LogP contribution is -2.21. The highest BCUT2D eigenvalue weighted by atomic mass is 16.5. The lowest BCUT2D eigenvalue weighted by atomic mass is 10.00. The number of methoxy groups -OCH3 is 1. The molecule has 1 rings (SSSR count). The second-order valence-corrected chi connectivity index (χ2v) is 3.82. The summed E-state index contributed by atoms with van der Waals surface area (Å²) in [6.45, 7) is 2.06. The highest BCUT2D eigenvalue weighted by Crippen LogP contribution is 2.19. The SMILES string of the molecule is CCCCC(=O)C(N)c1cccc(OC)c1. The molecule has 0 fully saturated rings. The fourth-order valence-electron chi connectivity index (χ4n) is 1.53. The number of carbonyl (C=O) groups is 1. The molecule has 0 heterocycles. The first kappa shape index (κ1) is 12.7. The van der Waals surface area contributed by atoms with Crippen molar-refractivity contribution in [3.8, 4) is 5.75 Å². The zero-order valence-electron chi connectivity index (χ0n) is 9.90. The molecule has 1 aromatic rings. The van der Waals surface area contributed by atoms with E-state index in [4.69, 9.17) is 10.5 Å². The van der Waals surface area contributed by atoms with Gasteiger partial charge >= 0.3 is 0 Å². The zero-order valence-corrected chi connectivity index (χ0v) is 9.90. The summed E-state index contributed by atoms with van der Waals surface area (Å²) in [6.07, 6.45) is 2.46. The number of carbonyl (C=O) groups excluding carboxylic acids is 1. The summed E-state index contributed by atoms with van der Waals surface area (Å²) in [5.74, 6) is 0.825. The van der Waals surface area contributed by atoms with Gasteiger partial charge in [0.2, 0.25) is 0 Å². The number of nitrogens with two attached hydrogens (primary N) is 1. The van der Waals surface area contributed by atoms with Crippen LogP contribution < -0.4 is 10.5 Å². The molecule has 88 valence electrons. The van der Waals surface area contributed by atoms with E-state index in [-0.39, 0.29) is 5.78 Å². The molecule has 0 spiro atoms. The number of unbranched alkanes of at least 4 members (excludes halogenated alkanes) is 1. The van der Waals surface area contributed by atoms with Gasteiger partial charge < -0.3 is 10.5 Å². The number of Topliss-reactive ketones (excluding diaryl/α,β-unsaturated/α-hetero) is 1. The molecule has 3 heteroatoms. The predicted molar refractivity (Wildman–Crippen MR) is 64.5 cm³/mol. The third-order valence-electron chi connectivity index (χ3n) is 2.58. The van der Waals surface area contributed by atoms with Crippen molar-refractivity contribution in [1.82, 2.24) is 0 Å². The molecule has 1 atom stereocenters. The van der Waals surface area contributed by atoms with E-state index in [1.807, 2.05) is 24.3 Å². The van der Waals surface area contributed by atoms with Gasteiger partial charge in [-0.1, -0.05) is 25.5 Å². The molecule has 0 saturated carbocycles. The molecular weight excluding hydrogens is 202 g/mol. The molecule has 1 unspecified atom stereocenters. The van der Waals surface area contributed by atoms with Crippen molar-refractivity contribution >= 4 is 5.78 Å². The van der Waals surface area contributed by atoms with Crippen LogP contribution in [0, 0.1) is 0 Å². The van der Waals surface area contributed by atoms with Crippen LogP contribution in [0.4, 0.5) is 0 Å². The molecule has 3 nitrogen and oxygen atoms in total. The van der Waals surface area contributed by atoms with E-state index in [0.29, 0.717) is 6.42 Å². The normalized spacial score (nSPS) is 12.2. The van der Waals surface area contributed by atoms with Crippen molar-refractivity contribution in [1.29, 1.82) is 0 Å². The Hall–Kier alpha value is -1.35. The van der Waals surface area contributed by atoms with Gasteiger partial charge in [-0.05, 0) is 24.1 Å². The van der Waals surface area contributed by atoms with E-state index in [2.05, 4.69) is 6.92 Å². The summed E-state index contributed by atoms with van der Waals surface area (Å²) in [4.78, 5) is 11.7. The third kappa shape index (κ3) is 3.35. The molecule has 0 aliphatic heterocycles. The van der Waals surface area contributed by atoms with Gasteiger partial charge in [-0.15, -0.1) is 0 Å². The van der Waals surface area contributed by atoms with Crippen molar-refractivity contribution < 1.29 is 9.53 Å². The average Bonchev–Trinajstić information content (AvgIpc) is 2.35. The van der Waals surface area contributed by atoms with Crippen molar-refractivity contribution in [3.05, 3.63) is 29.8 Å². The minimum Gasteiger partial charge on any atom is -0.497 e. The monoisotopic (exact) mass is 221 g/mol. The molecule has 0 saturated heterocycles. The van der Waals surface area contributed by atoms with Crippen molar-refractivity contribution in [3.63, 3.8) is 0 Å². The van der Waals surface area contributed by atoms with E-state index < -0.39 is 6.04 Å². The van der Waals surface area contributed by atoms with E-state index in [1.165, 1.54) is 0 Å². The first-order chi connectivity index (χ1) is 7.69. The second kappa shape index (κ2) is 6.28. The van der Waals surface area contributed by atoms with Crippen molar-refractivity contribution in [2.24, 2.45) is 5.73 Å². The fraction of sp³-hybridized carbons (Fsp3) is 0.462. The highest BCUT2D eigenvalue weighted by molar-refractivity contribution is 5.85. The number of hydrogen-bond acceptors (Lipinski definition) is 3. The van der Waals surface area contributed by atoms with Gasteiger partial charge in [0.05, 0.1) is 13.2 Å². The van der Waals surface area contributed by atoms with Gasteiger partial charge in [-0.25, -0.2) is 0 Å². The molecule has 0 aromatic heterocycles. The maximum atomic E-state index is 11.7. The van der Waals surface area contributed by atoms with Crippen LogP contribution in [-0.4, -0.2) is 12.9 Å². The number of hydrogen-bond donors (Lipinski definition) is 1. The zero-order chi connectivity index (χ0) is 12.0. The second-order valence-electron chi connectivity index (χ2n) is 3.82. The molecule has 0 bridgehead atoms. The predicted octanol–water partition coefficient (Wildman–Crippen LogP) is 2.45. The Morgan fingerprint density at radius 3 is 2.88 bits per heavy atom. The lowest BCUT2D eigenvalue weighted by molar-refractivity contribution is -0.120. The summed E-state index contributed by atoms with van der Waals surface area (Å²) in [6, 6.07) is 6.83. The van der Waals surface area contributed by atoms with Gasteiger partial charge in [0, 0.05) is 6.42 Å². The highest BCUT2D eigenvalue weighted by Gasteiger charge is 2.15. The molecule has 0 amide bonds. The van der Waals surface area contributed by atoms with Gasteiger partial charge in [0.1, 0.15) is 5.75 Å². The number of benzene rings is 1. The molecule has 0 radical (unpaired) electrons. The summed E-state index contributed by atoms with van der Waals surface area (Å²) in [5, 5.41) is 0. The largest absolute Gasteiger partial charge is 0.497 e. The number of rotatable bonds is 6. The summed E-state index contributed by atoms with van der Waals surface area (Å²) < 4.78 is 5.10. The minimum absolute atomic E-state index is 0.0927. The minimum atomic E-state index is -0.526. The number of ether oxygens (including phenoxy) is 1. The van der Waals surface area contributed by atoms with Crippen LogP contribution in [0.15, 0.2) is 24.3 Å². The topological polar surface area (TPSA) is 52.3 Å². The molecular formula is C13H19NO2. The van der Waals surface area contributed by atoms with Gasteiger partial charge in [-0.2, -0.15) is 0 Å². The Balaban J connectivity index is 2.71. The Morgan fingerprint density at radius 1 is 1.50 bits per heavy atom. The van der Waals surface area contributed by atoms with Crippen LogP contribution in [0.1, 0.15) is 37.8 Å². The first-order valence-electron chi connectivity index (χ1n) is 5.61. The van der Waals surface area contributed by atoms with Crippen LogP contribution in [0.3, 0.4) is 0 Å². The summed E-state index contributed by atoms with van der Waals surface area (Å²) >= 11 is 0. The van der Waals surface area contributed by atoms with Crippen molar-refractivity contribution in [2.45, 2.75) is 32.2 Å². The fourth-order valence-corrected chi connectivity index (χ4v) is 1.53. The average molecular weight is 221 g/mol. The third-order valence-corrected chi connectivity index (χ3v) is 2.58. The molecule has 0 aliphatic carbocycles. The Labute approximate surface area is 96.6 Å². The quantitative estimate of drug-likeness (QED) is 0.802. The van der Waals surface area contributed by atoms with Gasteiger partial charge in [-0.3, -0.25) is 4.79 Å². The van der Waals surface area contributed by atoms with Crippen LogP contribution in [0.5, 0.6) is 5.75 Å². The maximum Gasteiger partial charge on any atom is 0.154 e. The maximum absolute atomic E-state index is 11.7. The molecule has 16 heavy (non-hydrogen) atoms. The smallest absolute Gasteiger partial charge is 0.154 e. The van der Waals surface area contributed by atoms with E-state index in [9.17, 15) is 4.79 Å². The number of ketones is 1. The lowest BCUT2D eigenvalue weighted by Gasteiger charge is -2.11. The van der Waals surface area contributed by atoms with Gasteiger partial charge in [0.15, 0.2) is 5.78 Å². The van der Waals surface area contributed by atoms with Crippen LogP contribution >= 0.6 is 0 Å². The standard InChI is InChI=1S/C13H19NO2/c1-3-4-8-12(15)13(14)10-6-5-7-11(9-10)16-2/h5-7,9,13H,3-4,8,14H2,1-2H3. The molecule has 0 aliphatic rings. The Bertz CT molecular complexity index is 350. The Kier molecular flexibility index (Phi) is 4.99. The van der Waals surface area contributed by atoms with E-state index >= 15 is 0 Å². The van der Waals surface area contributed by atoms with Crippen molar-refractivity contribution in [2.75, 3.05) is 7.11 Å². The van der Waals surface area contributed by atoms with Gasteiger partial charge in [0.25, 0.3) is 0 Å². The summed E-state index contributed by atoms with van der Waals surface area (Å²) in [7, 11) is 1.60. The Morgan fingerprint density at radius 2 is 2.25 bits per heavy atom. The van der Waals surface area contributed by atoms with Crippen LogP contribution in [0.25, 0.3) is 0 Å². The van der Waals surface area contributed by atoms with E-state index in [1.54, 1.807) is 7.11 Å². The summed E-state index contributed by atoms with van der Waals surface area (Å²) in [5.41, 5.74) is 6.72.